The van der Waals surface area contributed by atoms with E-state index in [2.05, 4.69) is 52.9 Å². The first-order valence-corrected chi connectivity index (χ1v) is 13.1. The van der Waals surface area contributed by atoms with Crippen LogP contribution in [-0.2, 0) is 16.0 Å². The number of hydrogen-bond acceptors (Lipinski definition) is 7. The second-order valence-electron chi connectivity index (χ2n) is 10.2. The minimum Gasteiger partial charge on any atom is -0.405 e. The number of rotatable bonds is 8. The average Bonchev–Trinajstić information content (AvgIpc) is 3.30. The Kier molecular flexibility index (Phi) is 7.57. The number of allylic oxidation sites excluding steroid dienone is 1. The van der Waals surface area contributed by atoms with Gasteiger partial charge in [-0.15, -0.1) is 21.5 Å². The van der Waals surface area contributed by atoms with Crippen molar-refractivity contribution in [1.82, 2.24) is 14.8 Å². The molecule has 0 radical (unpaired) electrons. The topological polar surface area (TPSA) is 95.4 Å². The van der Waals surface area contributed by atoms with Gasteiger partial charge in [-0.3, -0.25) is 9.56 Å². The predicted octanol–water partition coefficient (Wildman–Crippen LogP) is 5.18. The minimum absolute atomic E-state index is 0.250. The lowest BCUT2D eigenvalue weighted by molar-refractivity contribution is -0.116. The number of aldehydes is 1. The number of carbonyl (C=O) groups is 1. The molecule has 0 saturated carbocycles. The smallest absolute Gasteiger partial charge is 0.163 e. The van der Waals surface area contributed by atoms with Crippen LogP contribution < -0.4 is 5.73 Å². The normalized spacial score (nSPS) is 16.4. The molecule has 0 spiro atoms. The fourth-order valence-electron chi connectivity index (χ4n) is 4.36. The summed E-state index contributed by atoms with van der Waals surface area (Å²) in [4.78, 5) is 18.9. The first-order valence-electron chi connectivity index (χ1n) is 12.3. The number of nitrogens with zero attached hydrogens (tertiary/aromatic N) is 4. The first kappa shape index (κ1) is 26.0. The van der Waals surface area contributed by atoms with Crippen molar-refractivity contribution < 1.29 is 9.53 Å². The van der Waals surface area contributed by atoms with E-state index >= 15 is 0 Å². The molecule has 1 aliphatic rings. The average molecular weight is 506 g/mol. The third-order valence-corrected chi connectivity index (χ3v) is 7.63. The van der Waals surface area contributed by atoms with Crippen molar-refractivity contribution in [3.05, 3.63) is 75.3 Å². The maximum absolute atomic E-state index is 12.4. The van der Waals surface area contributed by atoms with Gasteiger partial charge in [-0.2, -0.15) is 0 Å². The number of fused-ring (bicyclic) bond motifs is 3. The van der Waals surface area contributed by atoms with Gasteiger partial charge in [-0.05, 0) is 71.7 Å². The molecule has 2 N–H and O–H groups in total. The van der Waals surface area contributed by atoms with Gasteiger partial charge in [0, 0.05) is 16.0 Å². The molecule has 7 nitrogen and oxygen atoms in total. The zero-order valence-corrected chi connectivity index (χ0v) is 22.7. The maximum atomic E-state index is 12.4. The first-order chi connectivity index (χ1) is 17.1. The lowest BCUT2D eigenvalue weighted by Gasteiger charge is -2.24. The fourth-order valence-corrected chi connectivity index (χ4v) is 5.57. The van der Waals surface area contributed by atoms with E-state index in [1.54, 1.807) is 17.5 Å². The molecular weight excluding hydrogens is 470 g/mol. The number of aliphatic imine (C=N–C) groups is 1. The van der Waals surface area contributed by atoms with Gasteiger partial charge >= 0.3 is 0 Å². The van der Waals surface area contributed by atoms with Crippen LogP contribution in [0.2, 0.25) is 0 Å². The van der Waals surface area contributed by atoms with Gasteiger partial charge < -0.3 is 15.3 Å². The van der Waals surface area contributed by atoms with Gasteiger partial charge in [0.05, 0.1) is 23.8 Å². The van der Waals surface area contributed by atoms with Crippen LogP contribution in [-0.4, -0.2) is 39.0 Å². The second kappa shape index (κ2) is 10.5. The molecule has 8 heteroatoms. The molecule has 3 aromatic rings. The van der Waals surface area contributed by atoms with Crippen LogP contribution >= 0.6 is 11.3 Å². The van der Waals surface area contributed by atoms with Crippen molar-refractivity contribution >= 4 is 23.3 Å². The largest absolute Gasteiger partial charge is 0.405 e. The third kappa shape index (κ3) is 5.20. The van der Waals surface area contributed by atoms with Crippen LogP contribution in [0.3, 0.4) is 0 Å². The van der Waals surface area contributed by atoms with E-state index in [-0.39, 0.29) is 12.2 Å². The Hall–Kier alpha value is -3.10. The van der Waals surface area contributed by atoms with Crippen molar-refractivity contribution in [2.75, 3.05) is 6.61 Å². The molecule has 0 aliphatic carbocycles. The van der Waals surface area contributed by atoms with E-state index in [4.69, 9.17) is 15.5 Å². The number of aromatic nitrogens is 3. The highest BCUT2D eigenvalue weighted by Gasteiger charge is 2.36. The summed E-state index contributed by atoms with van der Waals surface area (Å²) in [5.41, 5.74) is 10.5. The number of aryl methyl sites for hydroxylation is 3. The van der Waals surface area contributed by atoms with Crippen LogP contribution in [0, 0.1) is 26.7 Å². The van der Waals surface area contributed by atoms with Crippen molar-refractivity contribution in [2.24, 2.45) is 16.6 Å². The van der Waals surface area contributed by atoms with Crippen LogP contribution in [0.4, 0.5) is 0 Å². The van der Waals surface area contributed by atoms with Crippen molar-refractivity contribution in [3.8, 4) is 5.00 Å². The molecule has 2 aromatic heterocycles. The highest BCUT2D eigenvalue weighted by Crippen LogP contribution is 2.40. The standard InChI is InChI=1S/C28H35N5O2S/c1-17-18(2)36-27-23(17)24(21-12-10-20(11-13-21)9-7-8-14-29)30-25(26-32-31-19(3)33(26)27)22(15-34)16-35-28(4,5)6/h8,10-15,22,25H,7,9,16,29H2,1-6H3/b14-8-/t22?,25-/m0/s1. The summed E-state index contributed by atoms with van der Waals surface area (Å²) in [6, 6.07) is 8.00. The SMILES string of the molecule is Cc1sc2c(c1C)C(c1ccc(CC/C=C\N)cc1)=N[C@@H](C(C=O)COC(C)(C)C)c1nnc(C)n1-2. The number of thiophene rings is 1. The van der Waals surface area contributed by atoms with E-state index in [0.717, 1.165) is 46.8 Å². The molecule has 0 saturated heterocycles. The van der Waals surface area contributed by atoms with Crippen LogP contribution in [0.15, 0.2) is 41.5 Å². The fraction of sp³-hybridized carbons (Fsp3) is 0.429. The van der Waals surface area contributed by atoms with Gasteiger partial charge in [0.25, 0.3) is 0 Å². The summed E-state index contributed by atoms with van der Waals surface area (Å²) in [6.07, 6.45) is 6.31. The lowest BCUT2D eigenvalue weighted by Crippen LogP contribution is -2.28. The Morgan fingerprint density at radius 2 is 1.89 bits per heavy atom. The Bertz CT molecular complexity index is 1290. The highest BCUT2D eigenvalue weighted by molar-refractivity contribution is 7.15. The Morgan fingerprint density at radius 1 is 1.17 bits per heavy atom. The van der Waals surface area contributed by atoms with Crippen LogP contribution in [0.5, 0.6) is 0 Å². The molecule has 0 amide bonds. The van der Waals surface area contributed by atoms with E-state index in [9.17, 15) is 4.79 Å². The van der Waals surface area contributed by atoms with Gasteiger partial charge in [0.2, 0.25) is 0 Å². The van der Waals surface area contributed by atoms with Crippen molar-refractivity contribution in [2.45, 2.75) is 66.0 Å². The number of nitrogens with two attached hydrogens (primary N) is 1. The van der Waals surface area contributed by atoms with E-state index < -0.39 is 12.0 Å². The zero-order chi connectivity index (χ0) is 26.0. The number of ether oxygens (including phenoxy) is 1. The van der Waals surface area contributed by atoms with Crippen LogP contribution in [0.25, 0.3) is 5.00 Å². The van der Waals surface area contributed by atoms with E-state index in [1.165, 1.54) is 16.0 Å². The van der Waals surface area contributed by atoms with Gasteiger partial charge in [-0.1, -0.05) is 30.3 Å². The minimum atomic E-state index is -0.519. The highest BCUT2D eigenvalue weighted by atomic mass is 32.1. The lowest BCUT2D eigenvalue weighted by atomic mass is 9.97. The molecule has 1 unspecified atom stereocenters. The Balaban J connectivity index is 1.86. The summed E-state index contributed by atoms with van der Waals surface area (Å²) in [5.74, 6) is 0.947. The van der Waals surface area contributed by atoms with E-state index in [0.29, 0.717) is 5.82 Å². The zero-order valence-electron chi connectivity index (χ0n) is 21.9. The third-order valence-electron chi connectivity index (χ3n) is 6.44. The number of carbonyl (C=O) groups excluding carboxylic acids is 1. The predicted molar refractivity (Wildman–Crippen MR) is 145 cm³/mol. The summed E-state index contributed by atoms with van der Waals surface area (Å²) in [7, 11) is 0. The maximum Gasteiger partial charge on any atom is 0.163 e. The molecule has 3 heterocycles. The molecule has 4 rings (SSSR count). The summed E-state index contributed by atoms with van der Waals surface area (Å²) in [5, 5.41) is 9.94. The molecule has 2 atom stereocenters. The van der Waals surface area contributed by atoms with Crippen molar-refractivity contribution in [1.29, 1.82) is 0 Å². The summed E-state index contributed by atoms with van der Waals surface area (Å²) in [6.45, 7) is 12.4. The number of benzene rings is 1. The molecular formula is C28H35N5O2S. The quantitative estimate of drug-likeness (QED) is 0.426. The molecule has 1 aliphatic heterocycles. The van der Waals surface area contributed by atoms with Crippen molar-refractivity contribution in [3.63, 3.8) is 0 Å². The Labute approximate surface area is 217 Å². The number of hydrogen-bond donors (Lipinski definition) is 1. The van der Waals surface area contributed by atoms with Gasteiger partial charge in [0.1, 0.15) is 23.2 Å². The van der Waals surface area contributed by atoms with Gasteiger partial charge in [0.15, 0.2) is 5.82 Å². The molecule has 0 bridgehead atoms. The van der Waals surface area contributed by atoms with E-state index in [1.807, 2.05) is 33.8 Å². The molecule has 190 valence electrons. The second-order valence-corrected chi connectivity index (χ2v) is 11.4. The van der Waals surface area contributed by atoms with Crippen LogP contribution in [0.1, 0.15) is 72.0 Å². The van der Waals surface area contributed by atoms with Gasteiger partial charge in [-0.25, -0.2) is 0 Å². The summed E-state index contributed by atoms with van der Waals surface area (Å²) >= 11 is 1.71. The summed E-state index contributed by atoms with van der Waals surface area (Å²) < 4.78 is 8.11. The monoisotopic (exact) mass is 505 g/mol. The molecule has 0 fully saturated rings. The Morgan fingerprint density at radius 3 is 2.53 bits per heavy atom. The molecule has 1 aromatic carbocycles. The molecule has 36 heavy (non-hydrogen) atoms.